The minimum Gasteiger partial charge on any atom is -0.324 e. The smallest absolute Gasteiger partial charge is 0.0300 e. The van der Waals surface area contributed by atoms with Crippen LogP contribution in [0.15, 0.2) is 35.3 Å². The third-order valence-electron chi connectivity index (χ3n) is 2.32. The van der Waals surface area contributed by atoms with Crippen molar-refractivity contribution in [3.8, 4) is 0 Å². The van der Waals surface area contributed by atoms with Crippen molar-refractivity contribution in [3.63, 3.8) is 0 Å². The van der Waals surface area contributed by atoms with Gasteiger partial charge in [-0.15, -0.1) is 6.58 Å². The average Bonchev–Trinajstić information content (AvgIpc) is 2.18. The van der Waals surface area contributed by atoms with E-state index in [9.17, 15) is 0 Å². The zero-order chi connectivity index (χ0) is 10.6. The summed E-state index contributed by atoms with van der Waals surface area (Å²) in [7, 11) is 0. The Morgan fingerprint density at radius 3 is 2.93 bits per heavy atom. The number of aryl methyl sites for hydroxylation is 1. The molecule has 0 aliphatic heterocycles. The van der Waals surface area contributed by atoms with Gasteiger partial charge in [-0.05, 0) is 43.0 Å². The Kier molecular flexibility index (Phi) is 4.36. The number of nitrogens with two attached hydrogens (primary N) is 1. The molecule has 0 aromatic heterocycles. The van der Waals surface area contributed by atoms with E-state index in [1.54, 1.807) is 0 Å². The van der Waals surface area contributed by atoms with Crippen LogP contribution in [0.4, 0.5) is 0 Å². The molecule has 0 radical (unpaired) electrons. The first-order chi connectivity index (χ1) is 6.65. The highest BCUT2D eigenvalue weighted by atomic mass is 79.9. The first-order valence-corrected chi connectivity index (χ1v) is 5.57. The molecule has 0 aliphatic carbocycles. The van der Waals surface area contributed by atoms with Crippen molar-refractivity contribution in [1.82, 2.24) is 0 Å². The van der Waals surface area contributed by atoms with Crippen LogP contribution in [0, 0.1) is 6.92 Å². The molecule has 76 valence electrons. The number of rotatable bonds is 4. The molecule has 0 spiro atoms. The predicted octanol–water partition coefficient (Wildman–Crippen LogP) is 3.72. The molecule has 0 fully saturated rings. The van der Waals surface area contributed by atoms with E-state index in [0.717, 1.165) is 17.3 Å². The maximum Gasteiger partial charge on any atom is 0.0300 e. The fraction of sp³-hybridized carbons (Fsp3) is 0.333. The van der Waals surface area contributed by atoms with Crippen LogP contribution in [0.25, 0.3) is 0 Å². The van der Waals surface area contributed by atoms with Crippen molar-refractivity contribution in [2.75, 3.05) is 0 Å². The lowest BCUT2D eigenvalue weighted by Crippen LogP contribution is -2.11. The number of hydrogen-bond donors (Lipinski definition) is 1. The van der Waals surface area contributed by atoms with E-state index in [0.29, 0.717) is 0 Å². The zero-order valence-electron chi connectivity index (χ0n) is 8.46. The second kappa shape index (κ2) is 5.32. The van der Waals surface area contributed by atoms with Gasteiger partial charge in [0.2, 0.25) is 0 Å². The molecule has 1 rings (SSSR count). The first kappa shape index (κ1) is 11.5. The molecule has 14 heavy (non-hydrogen) atoms. The molecular weight excluding hydrogens is 238 g/mol. The maximum absolute atomic E-state index is 6.08. The van der Waals surface area contributed by atoms with Crippen LogP contribution in [0.2, 0.25) is 0 Å². The highest BCUT2D eigenvalue weighted by molar-refractivity contribution is 9.10. The molecule has 0 saturated carbocycles. The topological polar surface area (TPSA) is 26.0 Å². The number of halogens is 1. The molecule has 0 aliphatic rings. The van der Waals surface area contributed by atoms with E-state index in [-0.39, 0.29) is 6.04 Å². The van der Waals surface area contributed by atoms with Crippen LogP contribution in [-0.2, 0) is 0 Å². The lowest BCUT2D eigenvalue weighted by molar-refractivity contribution is 0.657. The van der Waals surface area contributed by atoms with Crippen LogP contribution in [0.3, 0.4) is 0 Å². The number of hydrogen-bond acceptors (Lipinski definition) is 1. The van der Waals surface area contributed by atoms with Crippen molar-refractivity contribution >= 4 is 15.9 Å². The highest BCUT2D eigenvalue weighted by Gasteiger charge is 2.08. The Morgan fingerprint density at radius 2 is 2.29 bits per heavy atom. The first-order valence-electron chi connectivity index (χ1n) is 4.77. The van der Waals surface area contributed by atoms with Gasteiger partial charge in [-0.2, -0.15) is 0 Å². The summed E-state index contributed by atoms with van der Waals surface area (Å²) in [5.41, 5.74) is 8.56. The summed E-state index contributed by atoms with van der Waals surface area (Å²) in [6, 6.07) is 6.35. The van der Waals surface area contributed by atoms with Gasteiger partial charge < -0.3 is 5.73 Å². The van der Waals surface area contributed by atoms with Gasteiger partial charge in [-0.25, -0.2) is 0 Å². The Balaban J connectivity index is 2.82. The predicted molar refractivity (Wildman–Crippen MR) is 65.2 cm³/mol. The fourth-order valence-corrected chi connectivity index (χ4v) is 1.84. The van der Waals surface area contributed by atoms with E-state index >= 15 is 0 Å². The van der Waals surface area contributed by atoms with Crippen LogP contribution >= 0.6 is 15.9 Å². The fourth-order valence-electron chi connectivity index (χ4n) is 1.46. The Labute approximate surface area is 94.1 Å². The van der Waals surface area contributed by atoms with E-state index in [2.05, 4.69) is 41.6 Å². The van der Waals surface area contributed by atoms with Crippen LogP contribution < -0.4 is 5.73 Å². The summed E-state index contributed by atoms with van der Waals surface area (Å²) in [6.07, 6.45) is 3.83. The summed E-state index contributed by atoms with van der Waals surface area (Å²) in [5.74, 6) is 0. The molecule has 1 atom stereocenters. The third kappa shape index (κ3) is 2.96. The Bertz CT molecular complexity index is 320. The largest absolute Gasteiger partial charge is 0.324 e. The van der Waals surface area contributed by atoms with Gasteiger partial charge in [0.05, 0.1) is 0 Å². The van der Waals surface area contributed by atoms with Crippen molar-refractivity contribution in [3.05, 3.63) is 46.5 Å². The van der Waals surface area contributed by atoms with Gasteiger partial charge in [0.1, 0.15) is 0 Å². The lowest BCUT2D eigenvalue weighted by atomic mass is 9.98. The summed E-state index contributed by atoms with van der Waals surface area (Å²) < 4.78 is 1.09. The van der Waals surface area contributed by atoms with Crippen molar-refractivity contribution in [2.24, 2.45) is 5.73 Å². The minimum absolute atomic E-state index is 0.116. The lowest BCUT2D eigenvalue weighted by Gasteiger charge is -2.14. The molecule has 0 bridgehead atoms. The van der Waals surface area contributed by atoms with Crippen LogP contribution in [0.5, 0.6) is 0 Å². The molecule has 2 N–H and O–H groups in total. The van der Waals surface area contributed by atoms with E-state index in [1.807, 2.05) is 12.1 Å². The molecule has 0 unspecified atom stereocenters. The van der Waals surface area contributed by atoms with Crippen molar-refractivity contribution in [1.29, 1.82) is 0 Å². The monoisotopic (exact) mass is 253 g/mol. The van der Waals surface area contributed by atoms with Crippen molar-refractivity contribution in [2.45, 2.75) is 25.8 Å². The van der Waals surface area contributed by atoms with Crippen LogP contribution in [-0.4, -0.2) is 0 Å². The second-order valence-corrected chi connectivity index (χ2v) is 4.39. The third-order valence-corrected chi connectivity index (χ3v) is 2.82. The molecule has 0 heterocycles. The van der Waals surface area contributed by atoms with Crippen LogP contribution in [0.1, 0.15) is 30.0 Å². The molecule has 0 amide bonds. The summed E-state index contributed by atoms with van der Waals surface area (Å²) >= 11 is 3.46. The molecular formula is C12H16BrN. The van der Waals surface area contributed by atoms with E-state index < -0.39 is 0 Å². The molecule has 1 aromatic rings. The normalized spacial score (nSPS) is 12.5. The van der Waals surface area contributed by atoms with Crippen molar-refractivity contribution < 1.29 is 0 Å². The summed E-state index contributed by atoms with van der Waals surface area (Å²) in [6.45, 7) is 5.79. The SMILES string of the molecule is C=CCC[C@@H](N)c1cc(Br)ccc1C. The average molecular weight is 254 g/mol. The number of allylic oxidation sites excluding steroid dienone is 1. The summed E-state index contributed by atoms with van der Waals surface area (Å²) in [4.78, 5) is 0. The molecule has 1 aromatic carbocycles. The summed E-state index contributed by atoms with van der Waals surface area (Å²) in [5, 5.41) is 0. The van der Waals surface area contributed by atoms with Gasteiger partial charge in [-0.1, -0.05) is 28.1 Å². The van der Waals surface area contributed by atoms with E-state index in [1.165, 1.54) is 11.1 Å². The van der Waals surface area contributed by atoms with Gasteiger partial charge >= 0.3 is 0 Å². The molecule has 0 saturated heterocycles. The van der Waals surface area contributed by atoms with Gasteiger partial charge in [0.25, 0.3) is 0 Å². The number of benzene rings is 1. The highest BCUT2D eigenvalue weighted by Crippen LogP contribution is 2.23. The molecule has 1 nitrogen and oxygen atoms in total. The van der Waals surface area contributed by atoms with Gasteiger partial charge in [0.15, 0.2) is 0 Å². The maximum atomic E-state index is 6.08. The Hall–Kier alpha value is -0.600. The van der Waals surface area contributed by atoms with Gasteiger partial charge in [0, 0.05) is 10.5 Å². The zero-order valence-corrected chi connectivity index (χ0v) is 10.0. The standard InChI is InChI=1S/C12H16BrN/c1-3-4-5-12(14)11-8-10(13)7-6-9(11)2/h3,6-8,12H,1,4-5,14H2,2H3/t12-/m1/s1. The Morgan fingerprint density at radius 1 is 1.57 bits per heavy atom. The second-order valence-electron chi connectivity index (χ2n) is 3.47. The minimum atomic E-state index is 0.116. The van der Waals surface area contributed by atoms with E-state index in [4.69, 9.17) is 5.73 Å². The quantitative estimate of drug-likeness (QED) is 0.814. The van der Waals surface area contributed by atoms with Gasteiger partial charge in [-0.3, -0.25) is 0 Å². The molecule has 2 heteroatoms.